The summed E-state index contributed by atoms with van der Waals surface area (Å²) in [7, 11) is 1.56. The molecule has 1 atom stereocenters. The summed E-state index contributed by atoms with van der Waals surface area (Å²) in [4.78, 5) is 27.8. The number of carbonyl (C=O) groups is 1. The van der Waals surface area contributed by atoms with Crippen LogP contribution in [0, 0.1) is 5.82 Å². The topological polar surface area (TPSA) is 71.8 Å². The van der Waals surface area contributed by atoms with Crippen molar-refractivity contribution in [3.63, 3.8) is 0 Å². The van der Waals surface area contributed by atoms with Gasteiger partial charge in [-0.2, -0.15) is 0 Å². The Hall–Kier alpha value is -3.97. The molecule has 7 heteroatoms. The van der Waals surface area contributed by atoms with Gasteiger partial charge in [-0.3, -0.25) is 9.69 Å². The first-order valence-corrected chi connectivity index (χ1v) is 11.9. The predicted octanol–water partition coefficient (Wildman–Crippen LogP) is 4.23. The van der Waals surface area contributed by atoms with Gasteiger partial charge in [-0.25, -0.2) is 9.18 Å². The summed E-state index contributed by atoms with van der Waals surface area (Å²) in [6.45, 7) is 1.46. The molecule has 1 N–H and O–H groups in total. The van der Waals surface area contributed by atoms with Crippen molar-refractivity contribution in [2.75, 3.05) is 13.7 Å². The molecule has 0 bridgehead atoms. The second-order valence-electron chi connectivity index (χ2n) is 9.01. The molecule has 0 aliphatic carbocycles. The number of carbonyl (C=O) groups excluding carboxylic acids is 1. The predicted molar refractivity (Wildman–Crippen MR) is 135 cm³/mol. The fourth-order valence-corrected chi connectivity index (χ4v) is 4.79. The van der Waals surface area contributed by atoms with Crippen LogP contribution in [0.25, 0.3) is 11.0 Å². The van der Waals surface area contributed by atoms with Crippen LogP contribution in [0.2, 0.25) is 0 Å². The number of methoxy groups -OCH3 is 1. The van der Waals surface area contributed by atoms with Gasteiger partial charge >= 0.3 is 5.63 Å². The molecule has 1 aliphatic rings. The summed E-state index contributed by atoms with van der Waals surface area (Å²) in [6.07, 6.45) is 1.19. The van der Waals surface area contributed by atoms with Gasteiger partial charge < -0.3 is 14.5 Å². The Morgan fingerprint density at radius 2 is 1.86 bits per heavy atom. The van der Waals surface area contributed by atoms with E-state index in [-0.39, 0.29) is 11.7 Å². The number of fused-ring (bicyclic) bond motifs is 2. The van der Waals surface area contributed by atoms with E-state index in [2.05, 4.69) is 22.3 Å². The van der Waals surface area contributed by atoms with E-state index in [1.54, 1.807) is 25.3 Å². The first-order chi connectivity index (χ1) is 17.5. The molecule has 1 unspecified atom stereocenters. The minimum atomic E-state index is -0.441. The summed E-state index contributed by atoms with van der Waals surface area (Å²) >= 11 is 0. The Morgan fingerprint density at radius 1 is 1.08 bits per heavy atom. The number of hydrogen-bond donors (Lipinski definition) is 1. The van der Waals surface area contributed by atoms with Crippen LogP contribution in [0.15, 0.2) is 82.0 Å². The molecule has 184 valence electrons. The number of nitrogens with zero attached hydrogens (tertiary/aromatic N) is 1. The first kappa shape index (κ1) is 23.8. The van der Waals surface area contributed by atoms with E-state index in [0.717, 1.165) is 22.1 Å². The smallest absolute Gasteiger partial charge is 0.336 e. The van der Waals surface area contributed by atoms with Crippen molar-refractivity contribution in [1.82, 2.24) is 10.2 Å². The number of benzene rings is 3. The third-order valence-corrected chi connectivity index (χ3v) is 6.69. The minimum absolute atomic E-state index is 0.0689. The van der Waals surface area contributed by atoms with E-state index >= 15 is 0 Å². The number of halogens is 1. The quantitative estimate of drug-likeness (QED) is 0.396. The monoisotopic (exact) mass is 486 g/mol. The molecule has 3 aromatic carbocycles. The molecule has 0 saturated carbocycles. The molecule has 0 spiro atoms. The van der Waals surface area contributed by atoms with Crippen LogP contribution < -0.4 is 15.7 Å². The molecule has 5 rings (SSSR count). The third kappa shape index (κ3) is 5.16. The van der Waals surface area contributed by atoms with Crippen LogP contribution in [0.3, 0.4) is 0 Å². The van der Waals surface area contributed by atoms with E-state index < -0.39 is 11.7 Å². The lowest BCUT2D eigenvalue weighted by atomic mass is 9.92. The van der Waals surface area contributed by atoms with E-state index in [1.807, 2.05) is 24.3 Å². The zero-order valence-electron chi connectivity index (χ0n) is 20.0. The van der Waals surface area contributed by atoms with E-state index in [9.17, 15) is 14.0 Å². The van der Waals surface area contributed by atoms with Gasteiger partial charge in [0, 0.05) is 37.2 Å². The van der Waals surface area contributed by atoms with E-state index in [4.69, 9.17) is 9.15 Å². The number of hydrogen-bond acceptors (Lipinski definition) is 5. The third-order valence-electron chi connectivity index (χ3n) is 6.69. The first-order valence-electron chi connectivity index (χ1n) is 11.9. The molecule has 36 heavy (non-hydrogen) atoms. The number of rotatable bonds is 7. The van der Waals surface area contributed by atoms with Crippen LogP contribution in [0.5, 0.6) is 5.75 Å². The molecular formula is C29H27FN2O4. The van der Waals surface area contributed by atoms with Crippen LogP contribution >= 0.6 is 0 Å². The fraction of sp³-hybridized carbons (Fsp3) is 0.241. The molecule has 2 heterocycles. The molecule has 1 amide bonds. The second-order valence-corrected chi connectivity index (χ2v) is 9.01. The van der Waals surface area contributed by atoms with Crippen LogP contribution in [0.4, 0.5) is 4.39 Å². The van der Waals surface area contributed by atoms with Gasteiger partial charge in [0.15, 0.2) is 0 Å². The lowest BCUT2D eigenvalue weighted by Crippen LogP contribution is -2.50. The van der Waals surface area contributed by atoms with Crippen LogP contribution in [-0.4, -0.2) is 30.5 Å². The van der Waals surface area contributed by atoms with Gasteiger partial charge in [-0.15, -0.1) is 0 Å². The molecule has 1 aliphatic heterocycles. The van der Waals surface area contributed by atoms with Crippen molar-refractivity contribution in [1.29, 1.82) is 0 Å². The molecule has 1 aromatic heterocycles. The molecule has 4 aromatic rings. The van der Waals surface area contributed by atoms with Crippen LogP contribution in [0.1, 0.15) is 22.3 Å². The Labute approximate surface area is 208 Å². The lowest BCUT2D eigenvalue weighted by molar-refractivity contribution is -0.127. The maximum absolute atomic E-state index is 13.4. The van der Waals surface area contributed by atoms with Crippen molar-refractivity contribution in [2.24, 2.45) is 0 Å². The second kappa shape index (κ2) is 10.3. The maximum Gasteiger partial charge on any atom is 0.336 e. The summed E-state index contributed by atoms with van der Waals surface area (Å²) in [5.41, 5.74) is 4.09. The lowest BCUT2D eigenvalue weighted by Gasteiger charge is -2.36. The van der Waals surface area contributed by atoms with Crippen molar-refractivity contribution >= 4 is 16.9 Å². The minimum Gasteiger partial charge on any atom is -0.497 e. The fourth-order valence-electron chi connectivity index (χ4n) is 4.79. The van der Waals surface area contributed by atoms with Crippen molar-refractivity contribution in [3.8, 4) is 5.75 Å². The van der Waals surface area contributed by atoms with Crippen LogP contribution in [-0.2, 0) is 30.7 Å². The average molecular weight is 487 g/mol. The van der Waals surface area contributed by atoms with Crippen molar-refractivity contribution < 1.29 is 18.3 Å². The summed E-state index contributed by atoms with van der Waals surface area (Å²) in [5, 5.41) is 3.86. The molecule has 0 saturated heterocycles. The van der Waals surface area contributed by atoms with E-state index in [0.29, 0.717) is 43.8 Å². The van der Waals surface area contributed by atoms with Gasteiger partial charge in [0.1, 0.15) is 17.1 Å². The Kier molecular flexibility index (Phi) is 6.82. The highest BCUT2D eigenvalue weighted by Crippen LogP contribution is 2.28. The van der Waals surface area contributed by atoms with E-state index in [1.165, 1.54) is 23.8 Å². The summed E-state index contributed by atoms with van der Waals surface area (Å²) < 4.78 is 23.9. The highest BCUT2D eigenvalue weighted by molar-refractivity contribution is 5.83. The van der Waals surface area contributed by atoms with Gasteiger partial charge in [0.2, 0.25) is 5.91 Å². The highest BCUT2D eigenvalue weighted by atomic mass is 19.1. The normalized spacial score (nSPS) is 15.4. The standard InChI is InChI=1S/C29H27FN2O4/c1-35-24-10-11-25-22(15-28(33)36-27(25)16-24)18-32-17-21-5-3-2-4-20(21)14-26(32)29(34)31-13-12-19-6-8-23(30)9-7-19/h2-11,15-16,26H,12-14,17-18H2,1H3,(H,31,34). The van der Waals surface area contributed by atoms with Gasteiger partial charge in [0.05, 0.1) is 13.2 Å². The molecule has 6 nitrogen and oxygen atoms in total. The Morgan fingerprint density at radius 3 is 2.64 bits per heavy atom. The number of ether oxygens (including phenoxy) is 1. The molecule has 0 fully saturated rings. The highest BCUT2D eigenvalue weighted by Gasteiger charge is 2.31. The van der Waals surface area contributed by atoms with Gasteiger partial charge in [-0.05, 0) is 59.4 Å². The SMILES string of the molecule is COc1ccc2c(CN3Cc4ccccc4CC3C(=O)NCCc3ccc(F)cc3)cc(=O)oc2c1. The van der Waals surface area contributed by atoms with Gasteiger partial charge in [-0.1, -0.05) is 36.4 Å². The maximum atomic E-state index is 13.4. The number of nitrogens with one attached hydrogen (secondary N) is 1. The molecular weight excluding hydrogens is 459 g/mol. The number of amides is 1. The zero-order chi connectivity index (χ0) is 25.1. The largest absolute Gasteiger partial charge is 0.497 e. The zero-order valence-corrected chi connectivity index (χ0v) is 20.0. The average Bonchev–Trinajstić information content (AvgIpc) is 2.88. The summed E-state index contributed by atoms with van der Waals surface area (Å²) in [6, 6.07) is 20.9. The van der Waals surface area contributed by atoms with Gasteiger partial charge in [0.25, 0.3) is 0 Å². The van der Waals surface area contributed by atoms with Crippen molar-refractivity contribution in [2.45, 2.75) is 32.0 Å². The molecule has 0 radical (unpaired) electrons. The Bertz CT molecular complexity index is 1450. The summed E-state index contributed by atoms with van der Waals surface area (Å²) in [5.74, 6) is 0.258. The Balaban J connectivity index is 1.39. The van der Waals surface area contributed by atoms with Crippen molar-refractivity contribution in [3.05, 3.63) is 111 Å².